The Labute approximate surface area is 216 Å². The van der Waals surface area contributed by atoms with E-state index in [1.165, 1.54) is 32.3 Å². The topological polar surface area (TPSA) is 0 Å². The first kappa shape index (κ1) is 30.9. The quantitative estimate of drug-likeness (QED) is 0.131. The van der Waals surface area contributed by atoms with E-state index in [9.17, 15) is 51.8 Å². The standard InChI is InChI=1S/C16H10.3BF4.K.H/c1-3-11-7-9-13-5-2-6-14-10-8-12(4-1)15(11)16(13)14;3*2-1(3,4)5;;/h1-10H;;;;;/q;3*-1;;. The third-order valence-corrected chi connectivity index (χ3v) is 3.39. The number of halogens is 12. The average Bonchev–Trinajstić information content (AvgIpc) is 2.55. The molecule has 4 aromatic rings. The van der Waals surface area contributed by atoms with E-state index in [2.05, 4.69) is 60.7 Å². The van der Waals surface area contributed by atoms with E-state index in [0.717, 1.165) is 0 Å². The van der Waals surface area contributed by atoms with E-state index in [1.807, 2.05) is 0 Å². The van der Waals surface area contributed by atoms with Crippen molar-refractivity contribution in [1.82, 2.24) is 0 Å². The zero-order valence-electron chi connectivity index (χ0n) is 15.0. The maximum absolute atomic E-state index is 9.75. The Morgan fingerprint density at radius 1 is 0.344 bits per heavy atom. The fraction of sp³-hybridized carbons (Fsp3) is 0. The first-order valence-electron chi connectivity index (χ1n) is 8.18. The number of benzene rings is 4. The van der Waals surface area contributed by atoms with Gasteiger partial charge in [0.1, 0.15) is 0 Å². The molecule has 0 aliphatic carbocycles. The third kappa shape index (κ3) is 13.5. The summed E-state index contributed by atoms with van der Waals surface area (Å²) in [6, 6.07) is 21.9. The Kier molecular flexibility index (Phi) is 12.0. The van der Waals surface area contributed by atoms with Gasteiger partial charge in [-0.15, -0.1) is 0 Å². The van der Waals surface area contributed by atoms with Gasteiger partial charge in [0, 0.05) is 0 Å². The van der Waals surface area contributed by atoms with Crippen LogP contribution in [-0.2, 0) is 0 Å². The van der Waals surface area contributed by atoms with E-state index in [0.29, 0.717) is 0 Å². The van der Waals surface area contributed by atoms with Crippen molar-refractivity contribution in [3.63, 3.8) is 0 Å². The molecule has 0 radical (unpaired) electrons. The van der Waals surface area contributed by atoms with Crippen molar-refractivity contribution in [1.29, 1.82) is 0 Å². The fourth-order valence-corrected chi connectivity index (χ4v) is 2.67. The van der Waals surface area contributed by atoms with Gasteiger partial charge in [0.05, 0.1) is 0 Å². The van der Waals surface area contributed by atoms with E-state index < -0.39 is 21.8 Å². The zero-order chi connectivity index (χ0) is 24.0. The van der Waals surface area contributed by atoms with Crippen molar-refractivity contribution >= 4 is 105 Å². The predicted molar refractivity (Wildman–Crippen MR) is 108 cm³/mol. The molecule has 0 spiro atoms. The molecular weight excluding hydrogens is 492 g/mol. The van der Waals surface area contributed by atoms with Gasteiger partial charge in [-0.05, 0) is 32.3 Å². The number of hydrogen-bond donors (Lipinski definition) is 0. The van der Waals surface area contributed by atoms with Gasteiger partial charge in [-0.1, -0.05) is 60.7 Å². The van der Waals surface area contributed by atoms with Crippen LogP contribution in [0.5, 0.6) is 0 Å². The number of rotatable bonds is 0. The monoisotopic (exact) mass is 503 g/mol. The summed E-state index contributed by atoms with van der Waals surface area (Å²) < 4.78 is 117. The van der Waals surface area contributed by atoms with Crippen LogP contribution in [0.15, 0.2) is 60.7 Å². The molecule has 172 valence electrons. The zero-order valence-corrected chi connectivity index (χ0v) is 15.0. The molecule has 0 saturated heterocycles. The maximum atomic E-state index is 9.75. The third-order valence-electron chi connectivity index (χ3n) is 3.39. The average molecular weight is 503 g/mol. The molecule has 32 heavy (non-hydrogen) atoms. The molecule has 16 heteroatoms. The van der Waals surface area contributed by atoms with Crippen LogP contribution in [0, 0.1) is 0 Å². The maximum Gasteiger partial charge on any atom is -0.00268 e. The van der Waals surface area contributed by atoms with Crippen molar-refractivity contribution in [2.75, 3.05) is 0 Å². The summed E-state index contributed by atoms with van der Waals surface area (Å²) in [5.41, 5.74) is 0. The minimum absolute atomic E-state index is 0. The molecule has 0 unspecified atom stereocenters. The summed E-state index contributed by atoms with van der Waals surface area (Å²) in [6.07, 6.45) is 0. The van der Waals surface area contributed by atoms with Crippen molar-refractivity contribution < 1.29 is 51.8 Å². The first-order valence-corrected chi connectivity index (χ1v) is 8.18. The van der Waals surface area contributed by atoms with Crippen LogP contribution in [0.25, 0.3) is 32.3 Å². The molecule has 4 aromatic carbocycles. The molecule has 0 nitrogen and oxygen atoms in total. The van der Waals surface area contributed by atoms with E-state index in [1.54, 1.807) is 0 Å². The summed E-state index contributed by atoms with van der Waals surface area (Å²) >= 11 is 0. The minimum atomic E-state index is -6.00. The Bertz CT molecular complexity index is 919. The minimum Gasteiger partial charge on any atom is -0.0610 e. The molecule has 0 N–H and O–H groups in total. The van der Waals surface area contributed by atoms with E-state index in [-0.39, 0.29) is 51.4 Å². The van der Waals surface area contributed by atoms with Crippen LogP contribution in [0.4, 0.5) is 51.8 Å². The summed E-state index contributed by atoms with van der Waals surface area (Å²) in [5, 5.41) is 8.14. The second-order valence-electron chi connectivity index (χ2n) is 5.77. The van der Waals surface area contributed by atoms with Crippen LogP contribution in [0.3, 0.4) is 0 Å². The smallest absolute Gasteiger partial charge is 0.00268 e. The van der Waals surface area contributed by atoms with Crippen LogP contribution in [0.2, 0.25) is 0 Å². The first-order chi connectivity index (χ1) is 13.9. The van der Waals surface area contributed by atoms with Gasteiger partial charge in [0.2, 0.25) is 0 Å². The molecule has 0 aliphatic rings. The van der Waals surface area contributed by atoms with Gasteiger partial charge in [0.25, 0.3) is 0 Å². The Hall–Kier alpha value is -1.09. The van der Waals surface area contributed by atoms with Gasteiger partial charge in [-0.25, -0.2) is 0 Å². The molecular formula is C16H11B3F12K-3. The van der Waals surface area contributed by atoms with Crippen LogP contribution >= 0.6 is 0 Å². The summed E-state index contributed by atoms with van der Waals surface area (Å²) in [4.78, 5) is 0. The van der Waals surface area contributed by atoms with Crippen molar-refractivity contribution in [2.45, 2.75) is 0 Å². The molecule has 4 rings (SSSR count). The molecule has 0 amide bonds. The Balaban J connectivity index is 0.000000506. The van der Waals surface area contributed by atoms with E-state index in [4.69, 9.17) is 0 Å². The van der Waals surface area contributed by atoms with Gasteiger partial charge < -0.3 is 51.8 Å². The molecule has 0 atom stereocenters. The van der Waals surface area contributed by atoms with Gasteiger partial charge >= 0.3 is 73.1 Å². The molecule has 0 fully saturated rings. The molecule has 0 saturated carbocycles. The molecule has 0 bridgehead atoms. The molecule has 0 heterocycles. The van der Waals surface area contributed by atoms with Crippen molar-refractivity contribution in [3.05, 3.63) is 60.7 Å². The summed E-state index contributed by atoms with van der Waals surface area (Å²) in [7, 11) is -18.0. The Morgan fingerprint density at radius 3 is 0.656 bits per heavy atom. The number of hydrogen-bond acceptors (Lipinski definition) is 0. The summed E-state index contributed by atoms with van der Waals surface area (Å²) in [6.45, 7) is 0. The van der Waals surface area contributed by atoms with Crippen LogP contribution in [-0.4, -0.2) is 73.1 Å². The normalized spacial score (nSPS) is 11.5. The Morgan fingerprint density at radius 2 is 0.500 bits per heavy atom. The molecule has 0 aliphatic heterocycles. The summed E-state index contributed by atoms with van der Waals surface area (Å²) in [5.74, 6) is 0. The van der Waals surface area contributed by atoms with Crippen molar-refractivity contribution in [3.8, 4) is 0 Å². The van der Waals surface area contributed by atoms with E-state index >= 15 is 0 Å². The predicted octanol–water partition coefficient (Wildman–Crippen LogP) is 7.84. The van der Waals surface area contributed by atoms with Crippen LogP contribution < -0.4 is 0 Å². The fourth-order valence-electron chi connectivity index (χ4n) is 2.67. The molecule has 0 aromatic heterocycles. The second-order valence-corrected chi connectivity index (χ2v) is 5.77. The largest absolute Gasteiger partial charge is 0.0610 e. The van der Waals surface area contributed by atoms with Crippen molar-refractivity contribution in [2.24, 2.45) is 0 Å². The van der Waals surface area contributed by atoms with Gasteiger partial charge in [-0.3, -0.25) is 0 Å². The van der Waals surface area contributed by atoms with Crippen LogP contribution in [0.1, 0.15) is 0 Å². The van der Waals surface area contributed by atoms with Gasteiger partial charge in [0.15, 0.2) is 0 Å². The SMILES string of the molecule is F[B-](F)(F)F.F[B-](F)(F)F.F[B-](F)(F)F.[KH].c1cc2ccc3cccc4ccc(c1)c2c34. The van der Waals surface area contributed by atoms with Gasteiger partial charge in [-0.2, -0.15) is 0 Å². The second kappa shape index (κ2) is 12.4.